The number of rotatable bonds is 1. The normalized spacial score (nSPS) is 26.4. The van der Waals surface area contributed by atoms with Crippen molar-refractivity contribution >= 4 is 11.7 Å². The lowest BCUT2D eigenvalue weighted by molar-refractivity contribution is 0.152. The smallest absolute Gasteiger partial charge is 0.320 e. The molecule has 108 valence electrons. The zero-order valence-corrected chi connectivity index (χ0v) is 11.7. The summed E-state index contributed by atoms with van der Waals surface area (Å²) in [6, 6.07) is 6.35. The molecule has 0 aliphatic carbocycles. The van der Waals surface area contributed by atoms with Crippen molar-refractivity contribution in [1.29, 1.82) is 0 Å². The van der Waals surface area contributed by atoms with Gasteiger partial charge in [-0.25, -0.2) is 9.18 Å². The van der Waals surface area contributed by atoms with E-state index >= 15 is 0 Å². The van der Waals surface area contributed by atoms with Crippen LogP contribution in [0.1, 0.15) is 12.8 Å². The minimum atomic E-state index is -0.391. The fourth-order valence-corrected chi connectivity index (χ4v) is 3.31. The monoisotopic (exact) mass is 277 g/mol. The Balaban J connectivity index is 1.73. The van der Waals surface area contributed by atoms with Crippen LogP contribution in [0.3, 0.4) is 0 Å². The molecule has 1 aromatic rings. The molecule has 1 aromatic carbocycles. The number of para-hydroxylation sites is 1. The highest BCUT2D eigenvalue weighted by molar-refractivity contribution is 5.89. The van der Waals surface area contributed by atoms with E-state index in [4.69, 9.17) is 0 Å². The van der Waals surface area contributed by atoms with Gasteiger partial charge in [0, 0.05) is 25.7 Å². The fourth-order valence-electron chi connectivity index (χ4n) is 3.31. The molecule has 3 aliphatic rings. The summed E-state index contributed by atoms with van der Waals surface area (Å²) in [5.74, 6) is 0.142. The Hall–Kier alpha value is -1.62. The zero-order chi connectivity index (χ0) is 14.1. The highest BCUT2D eigenvalue weighted by Gasteiger charge is 2.36. The lowest BCUT2D eigenvalue weighted by Crippen LogP contribution is -2.49. The number of nitrogens with zero attached hydrogens (tertiary/aromatic N) is 2. The van der Waals surface area contributed by atoms with Gasteiger partial charge in [0.2, 0.25) is 0 Å². The van der Waals surface area contributed by atoms with Gasteiger partial charge in [0.1, 0.15) is 5.82 Å². The van der Waals surface area contributed by atoms with Crippen LogP contribution in [0.4, 0.5) is 14.9 Å². The number of anilines is 1. The van der Waals surface area contributed by atoms with Crippen molar-refractivity contribution in [3.8, 4) is 0 Å². The lowest BCUT2D eigenvalue weighted by Gasteiger charge is -2.36. The first kappa shape index (κ1) is 13.4. The van der Waals surface area contributed by atoms with Crippen molar-refractivity contribution in [1.82, 2.24) is 9.80 Å². The number of halogens is 1. The molecule has 3 aliphatic heterocycles. The molecule has 0 radical (unpaired) electrons. The second-order valence-electron chi connectivity index (χ2n) is 5.88. The third kappa shape index (κ3) is 2.63. The summed E-state index contributed by atoms with van der Waals surface area (Å²) in [4.78, 5) is 16.6. The van der Waals surface area contributed by atoms with Crippen LogP contribution >= 0.6 is 0 Å². The molecule has 3 heterocycles. The molecular weight excluding hydrogens is 257 g/mol. The first-order valence-corrected chi connectivity index (χ1v) is 7.14. The Morgan fingerprint density at radius 2 is 2.05 bits per heavy atom. The van der Waals surface area contributed by atoms with Crippen LogP contribution in [0.2, 0.25) is 0 Å². The molecule has 0 spiro atoms. The number of likely N-dealkylation sites (N-methyl/N-ethyl adjacent to an activating group) is 1. The van der Waals surface area contributed by atoms with Gasteiger partial charge in [-0.05, 0) is 37.9 Å². The van der Waals surface area contributed by atoms with E-state index in [-0.39, 0.29) is 17.8 Å². The van der Waals surface area contributed by atoms with Gasteiger partial charge in [-0.15, -0.1) is 0 Å². The second-order valence-corrected chi connectivity index (χ2v) is 5.88. The zero-order valence-electron chi connectivity index (χ0n) is 11.7. The Labute approximate surface area is 118 Å². The van der Waals surface area contributed by atoms with Crippen molar-refractivity contribution in [3.63, 3.8) is 0 Å². The third-order valence-electron chi connectivity index (χ3n) is 4.27. The number of amides is 2. The van der Waals surface area contributed by atoms with Crippen LogP contribution in [0, 0.1) is 11.7 Å². The predicted molar refractivity (Wildman–Crippen MR) is 76.1 cm³/mol. The molecule has 4 rings (SSSR count). The number of carbonyl (C=O) groups excluding carboxylic acids is 1. The third-order valence-corrected chi connectivity index (χ3v) is 4.27. The van der Waals surface area contributed by atoms with E-state index in [1.54, 1.807) is 18.2 Å². The van der Waals surface area contributed by atoms with Crippen molar-refractivity contribution in [2.45, 2.75) is 18.9 Å². The molecule has 2 amide bonds. The van der Waals surface area contributed by atoms with Crippen LogP contribution in [0.25, 0.3) is 0 Å². The number of urea groups is 1. The Bertz CT molecular complexity index is 508. The topological polar surface area (TPSA) is 35.6 Å². The number of fused-ring (bicyclic) bond motifs is 4. The van der Waals surface area contributed by atoms with Gasteiger partial charge >= 0.3 is 6.03 Å². The van der Waals surface area contributed by atoms with Crippen molar-refractivity contribution in [2.24, 2.45) is 5.92 Å². The molecule has 0 unspecified atom stereocenters. The van der Waals surface area contributed by atoms with Crippen LogP contribution in [-0.2, 0) is 0 Å². The number of hydrogen-bond acceptors (Lipinski definition) is 2. The number of benzene rings is 1. The molecule has 5 heteroatoms. The summed E-state index contributed by atoms with van der Waals surface area (Å²) in [5.41, 5.74) is 0.256. The van der Waals surface area contributed by atoms with Gasteiger partial charge in [0.05, 0.1) is 5.69 Å². The van der Waals surface area contributed by atoms with E-state index in [2.05, 4.69) is 17.3 Å². The van der Waals surface area contributed by atoms with Crippen LogP contribution in [0.5, 0.6) is 0 Å². The summed E-state index contributed by atoms with van der Waals surface area (Å²) >= 11 is 0. The minimum Gasteiger partial charge on any atom is -0.320 e. The summed E-state index contributed by atoms with van der Waals surface area (Å²) in [6.07, 6.45) is 2.22. The van der Waals surface area contributed by atoms with E-state index in [0.717, 1.165) is 26.1 Å². The number of hydrogen-bond donors (Lipinski definition) is 1. The first-order valence-electron chi connectivity index (χ1n) is 7.14. The molecule has 1 N–H and O–H groups in total. The maximum absolute atomic E-state index is 13.6. The predicted octanol–water partition coefficient (Wildman–Crippen LogP) is 2.38. The van der Waals surface area contributed by atoms with Crippen LogP contribution in [-0.4, -0.2) is 48.6 Å². The standard InChI is InChI=1S/C15H20FN3O/c1-18-8-11-6-7-12(10-18)19(9-11)15(20)17-14-5-3-2-4-13(14)16/h2-5,11-12H,6-10H2,1H3,(H,17,20)/t11-,12+/m0/s1. The van der Waals surface area contributed by atoms with Crippen molar-refractivity contribution < 1.29 is 9.18 Å². The van der Waals surface area contributed by atoms with Crippen molar-refractivity contribution in [2.75, 3.05) is 32.0 Å². The number of nitrogens with one attached hydrogen (secondary N) is 1. The quantitative estimate of drug-likeness (QED) is 0.855. The highest BCUT2D eigenvalue weighted by Crippen LogP contribution is 2.28. The Morgan fingerprint density at radius 1 is 1.25 bits per heavy atom. The maximum atomic E-state index is 13.6. The molecule has 2 bridgehead atoms. The van der Waals surface area contributed by atoms with Crippen LogP contribution in [0.15, 0.2) is 24.3 Å². The van der Waals surface area contributed by atoms with Gasteiger partial charge in [0.25, 0.3) is 0 Å². The molecular formula is C15H20FN3O. The number of carbonyl (C=O) groups is 1. The minimum absolute atomic E-state index is 0.180. The number of piperidine rings is 1. The van der Waals surface area contributed by atoms with Gasteiger partial charge in [-0.2, -0.15) is 0 Å². The summed E-state index contributed by atoms with van der Waals surface area (Å²) in [5, 5.41) is 2.70. The second kappa shape index (κ2) is 5.40. The van der Waals surface area contributed by atoms with Crippen LogP contribution < -0.4 is 5.32 Å². The average molecular weight is 277 g/mol. The molecule has 0 saturated carbocycles. The summed E-state index contributed by atoms with van der Waals surface area (Å²) < 4.78 is 13.6. The van der Waals surface area contributed by atoms with E-state index in [9.17, 15) is 9.18 Å². The average Bonchev–Trinajstić information content (AvgIpc) is 2.70. The van der Waals surface area contributed by atoms with Crippen molar-refractivity contribution in [3.05, 3.63) is 30.1 Å². The molecule has 3 fully saturated rings. The van der Waals surface area contributed by atoms with E-state index in [1.807, 2.05) is 4.90 Å². The van der Waals surface area contributed by atoms with E-state index in [0.29, 0.717) is 5.92 Å². The molecule has 3 saturated heterocycles. The molecule has 0 aromatic heterocycles. The molecule has 2 atom stereocenters. The summed E-state index contributed by atoms with van der Waals surface area (Å²) in [6.45, 7) is 2.72. The largest absolute Gasteiger partial charge is 0.322 e. The van der Waals surface area contributed by atoms with E-state index < -0.39 is 5.82 Å². The lowest BCUT2D eigenvalue weighted by atomic mass is 9.95. The van der Waals surface area contributed by atoms with Gasteiger partial charge in [-0.3, -0.25) is 0 Å². The SMILES string of the molecule is CN1C[C@@H]2CC[C@H](C1)N(C(=O)Nc1ccccc1F)C2. The first-order chi connectivity index (χ1) is 9.63. The highest BCUT2D eigenvalue weighted by atomic mass is 19.1. The van der Waals surface area contributed by atoms with Gasteiger partial charge in [0.15, 0.2) is 0 Å². The molecule has 4 nitrogen and oxygen atoms in total. The van der Waals surface area contributed by atoms with E-state index in [1.165, 1.54) is 12.5 Å². The Morgan fingerprint density at radius 3 is 2.85 bits per heavy atom. The maximum Gasteiger partial charge on any atom is 0.322 e. The van der Waals surface area contributed by atoms with Gasteiger partial charge in [-0.1, -0.05) is 12.1 Å². The summed E-state index contributed by atoms with van der Waals surface area (Å²) in [7, 11) is 2.10. The fraction of sp³-hybridized carbons (Fsp3) is 0.533. The Kier molecular flexibility index (Phi) is 3.61. The molecule has 20 heavy (non-hydrogen) atoms. The van der Waals surface area contributed by atoms with Gasteiger partial charge < -0.3 is 15.1 Å².